The highest BCUT2D eigenvalue weighted by atomic mass is 16.5. The fourth-order valence-corrected chi connectivity index (χ4v) is 4.99. The van der Waals surface area contributed by atoms with Crippen molar-refractivity contribution in [2.24, 2.45) is 5.92 Å². The molecule has 198 valence electrons. The molecule has 2 saturated heterocycles. The summed E-state index contributed by atoms with van der Waals surface area (Å²) in [4.78, 5) is 43.7. The molecule has 0 unspecified atom stereocenters. The molecule has 0 aliphatic carbocycles. The van der Waals surface area contributed by atoms with Crippen LogP contribution in [0.25, 0.3) is 0 Å². The van der Waals surface area contributed by atoms with Crippen molar-refractivity contribution in [1.82, 2.24) is 15.1 Å². The number of piperidine rings is 1. The van der Waals surface area contributed by atoms with E-state index in [9.17, 15) is 14.4 Å². The van der Waals surface area contributed by atoms with Gasteiger partial charge in [0.25, 0.3) is 11.8 Å². The van der Waals surface area contributed by atoms with E-state index in [4.69, 9.17) is 14.2 Å². The Balaban J connectivity index is 1.58. The summed E-state index contributed by atoms with van der Waals surface area (Å²) in [5.74, 6) is 0.448. The van der Waals surface area contributed by atoms with E-state index in [-0.39, 0.29) is 30.2 Å². The number of hydrogen-bond acceptors (Lipinski definition) is 6. The fraction of sp³-hybridized carbons (Fsp3) is 0.464. The molecule has 2 fully saturated rings. The van der Waals surface area contributed by atoms with Crippen molar-refractivity contribution in [1.29, 1.82) is 0 Å². The molecule has 0 aromatic heterocycles. The van der Waals surface area contributed by atoms with E-state index in [2.05, 4.69) is 5.32 Å². The van der Waals surface area contributed by atoms with Crippen molar-refractivity contribution >= 4 is 17.7 Å². The van der Waals surface area contributed by atoms with Crippen molar-refractivity contribution in [3.63, 3.8) is 0 Å². The van der Waals surface area contributed by atoms with Gasteiger partial charge in [0.1, 0.15) is 28.8 Å². The van der Waals surface area contributed by atoms with E-state index in [1.54, 1.807) is 52.3 Å². The van der Waals surface area contributed by atoms with Crippen LogP contribution in [0.4, 0.5) is 0 Å². The normalized spacial score (nSPS) is 18.7. The summed E-state index contributed by atoms with van der Waals surface area (Å²) in [6, 6.07) is 13.4. The van der Waals surface area contributed by atoms with E-state index in [1.807, 2.05) is 19.9 Å². The molecule has 2 aromatic carbocycles. The molecule has 0 saturated carbocycles. The van der Waals surface area contributed by atoms with Crippen LogP contribution in [-0.4, -0.2) is 79.7 Å². The summed E-state index contributed by atoms with van der Waals surface area (Å²) in [6.07, 6.45) is 0.755. The number of nitrogens with one attached hydrogen (secondary N) is 1. The number of carbonyl (C=O) groups is 3. The molecule has 3 amide bonds. The maximum Gasteiger partial charge on any atom is 0.261 e. The van der Waals surface area contributed by atoms with Crippen LogP contribution in [0, 0.1) is 5.92 Å². The summed E-state index contributed by atoms with van der Waals surface area (Å²) in [6.45, 7) is 5.35. The molecule has 1 atom stereocenters. The van der Waals surface area contributed by atoms with Crippen LogP contribution in [-0.2, 0) is 9.53 Å². The molecule has 2 heterocycles. The lowest BCUT2D eigenvalue weighted by molar-refractivity contribution is -0.128. The van der Waals surface area contributed by atoms with Gasteiger partial charge < -0.3 is 24.4 Å². The smallest absolute Gasteiger partial charge is 0.261 e. The van der Waals surface area contributed by atoms with Gasteiger partial charge in [0.15, 0.2) is 0 Å². The molecular weight excluding hydrogens is 474 g/mol. The Morgan fingerprint density at radius 1 is 0.973 bits per heavy atom. The van der Waals surface area contributed by atoms with Crippen LogP contribution in [0.15, 0.2) is 48.5 Å². The highest BCUT2D eigenvalue weighted by Gasteiger charge is 2.54. The summed E-state index contributed by atoms with van der Waals surface area (Å²) >= 11 is 0. The van der Waals surface area contributed by atoms with Crippen molar-refractivity contribution in [3.8, 4) is 11.5 Å². The van der Waals surface area contributed by atoms with Gasteiger partial charge in [0.2, 0.25) is 5.91 Å². The third-order valence-corrected chi connectivity index (χ3v) is 6.96. The van der Waals surface area contributed by atoms with Gasteiger partial charge in [-0.15, -0.1) is 0 Å². The second-order valence-corrected chi connectivity index (χ2v) is 9.78. The van der Waals surface area contributed by atoms with Crippen LogP contribution < -0.4 is 14.8 Å². The van der Waals surface area contributed by atoms with Gasteiger partial charge in [0.05, 0.1) is 20.8 Å². The summed E-state index contributed by atoms with van der Waals surface area (Å²) < 4.78 is 17.1. The van der Waals surface area contributed by atoms with Gasteiger partial charge in [-0.2, -0.15) is 0 Å². The first-order chi connectivity index (χ1) is 17.8. The average Bonchev–Trinajstić information content (AvgIpc) is 3.29. The third kappa shape index (κ3) is 5.27. The molecule has 2 aromatic rings. The van der Waals surface area contributed by atoms with Crippen molar-refractivity contribution in [2.45, 2.75) is 38.5 Å². The molecule has 37 heavy (non-hydrogen) atoms. The van der Waals surface area contributed by atoms with E-state index in [0.717, 1.165) is 0 Å². The van der Waals surface area contributed by atoms with Crippen molar-refractivity contribution in [3.05, 3.63) is 59.7 Å². The number of hydrogen-bond donors (Lipinski definition) is 1. The molecule has 1 spiro atoms. The number of ether oxygens (including phenoxy) is 3. The minimum Gasteiger partial charge on any atom is -0.496 e. The zero-order valence-electron chi connectivity index (χ0n) is 21.9. The Bertz CT molecular complexity index is 1110. The SMILES string of the molecule is COc1cccc(OC)c1C(=O)N1CCC2(CC1)OC[C@@H](C(=O)NCC(C)C)N2C(=O)c1ccccc1. The number of nitrogens with zero attached hydrogens (tertiary/aromatic N) is 2. The first-order valence-electron chi connectivity index (χ1n) is 12.6. The molecule has 9 nitrogen and oxygen atoms in total. The number of benzene rings is 2. The molecule has 4 rings (SSSR count). The Morgan fingerprint density at radius 3 is 2.16 bits per heavy atom. The van der Waals surface area contributed by atoms with Gasteiger partial charge in [-0.05, 0) is 30.2 Å². The van der Waals surface area contributed by atoms with E-state index in [1.165, 1.54) is 14.2 Å². The highest BCUT2D eigenvalue weighted by molar-refractivity contribution is 6.00. The first-order valence-corrected chi connectivity index (χ1v) is 12.6. The maximum absolute atomic E-state index is 13.7. The summed E-state index contributed by atoms with van der Waals surface area (Å²) in [5.41, 5.74) is -0.126. The molecule has 1 N–H and O–H groups in total. The number of likely N-dealkylation sites (tertiary alicyclic amines) is 1. The zero-order valence-corrected chi connectivity index (χ0v) is 21.9. The van der Waals surface area contributed by atoms with Crippen molar-refractivity contribution < 1.29 is 28.6 Å². The van der Waals surface area contributed by atoms with Crippen LogP contribution >= 0.6 is 0 Å². The Morgan fingerprint density at radius 2 is 1.59 bits per heavy atom. The Kier molecular flexibility index (Phi) is 8.02. The monoisotopic (exact) mass is 509 g/mol. The first kappa shape index (κ1) is 26.5. The number of rotatable bonds is 7. The number of amides is 3. The molecule has 2 aliphatic heterocycles. The van der Waals surface area contributed by atoms with Crippen LogP contribution in [0.3, 0.4) is 0 Å². The lowest BCUT2D eigenvalue weighted by Crippen LogP contribution is -2.60. The van der Waals surface area contributed by atoms with Gasteiger partial charge in [-0.25, -0.2) is 0 Å². The van der Waals surface area contributed by atoms with E-state index < -0.39 is 11.8 Å². The topological polar surface area (TPSA) is 97.4 Å². The Hall–Kier alpha value is -3.59. The van der Waals surface area contributed by atoms with Gasteiger partial charge in [-0.3, -0.25) is 19.3 Å². The fourth-order valence-electron chi connectivity index (χ4n) is 4.99. The summed E-state index contributed by atoms with van der Waals surface area (Å²) in [7, 11) is 3.03. The Labute approximate surface area is 217 Å². The standard InChI is InChI=1S/C28H35N3O6/c1-19(2)17-29-25(32)21-18-37-28(31(21)26(33)20-9-6-5-7-10-20)13-15-30(16-14-28)27(34)24-22(35-3)11-8-12-23(24)36-4/h5-12,19,21H,13-18H2,1-4H3,(H,29,32)/t21-/m0/s1. The minimum atomic E-state index is -0.978. The highest BCUT2D eigenvalue weighted by Crippen LogP contribution is 2.39. The largest absolute Gasteiger partial charge is 0.496 e. The predicted octanol–water partition coefficient (Wildman–Crippen LogP) is 2.95. The zero-order chi connectivity index (χ0) is 26.6. The predicted molar refractivity (Wildman–Crippen MR) is 138 cm³/mol. The summed E-state index contributed by atoms with van der Waals surface area (Å²) in [5, 5.41) is 2.95. The second-order valence-electron chi connectivity index (χ2n) is 9.78. The number of carbonyl (C=O) groups excluding carboxylic acids is 3. The molecule has 9 heteroatoms. The van der Waals surface area contributed by atoms with Crippen LogP contribution in [0.1, 0.15) is 47.4 Å². The molecular formula is C28H35N3O6. The number of methoxy groups -OCH3 is 2. The minimum absolute atomic E-state index is 0.108. The lowest BCUT2D eigenvalue weighted by Gasteiger charge is -2.44. The quantitative estimate of drug-likeness (QED) is 0.617. The van der Waals surface area contributed by atoms with E-state index in [0.29, 0.717) is 55.1 Å². The second kappa shape index (κ2) is 11.2. The van der Waals surface area contributed by atoms with E-state index >= 15 is 0 Å². The maximum atomic E-state index is 13.7. The molecule has 0 bridgehead atoms. The van der Waals surface area contributed by atoms with Gasteiger partial charge in [-0.1, -0.05) is 38.1 Å². The van der Waals surface area contributed by atoms with Crippen LogP contribution in [0.2, 0.25) is 0 Å². The molecule has 2 aliphatic rings. The molecule has 0 radical (unpaired) electrons. The third-order valence-electron chi connectivity index (χ3n) is 6.96. The van der Waals surface area contributed by atoms with Gasteiger partial charge >= 0.3 is 0 Å². The van der Waals surface area contributed by atoms with Crippen molar-refractivity contribution in [2.75, 3.05) is 40.5 Å². The van der Waals surface area contributed by atoms with Gasteiger partial charge in [0, 0.05) is 38.0 Å². The van der Waals surface area contributed by atoms with Crippen LogP contribution in [0.5, 0.6) is 11.5 Å². The average molecular weight is 510 g/mol. The lowest BCUT2D eigenvalue weighted by atomic mass is 9.95.